The first-order valence-corrected chi connectivity index (χ1v) is 7.43. The van der Waals surface area contributed by atoms with Crippen LogP contribution < -0.4 is 10.6 Å². The number of carbonyl (C=O) groups is 1. The SMILES string of the molecule is Cc1cc2c(cc1N)N(C(=O)C1Cc3ccccc31)CC2. The number of nitrogen functional groups attached to an aromatic ring is 1. The van der Waals surface area contributed by atoms with Gasteiger partial charge in [0.05, 0.1) is 5.92 Å². The Morgan fingerprint density at radius 2 is 2.05 bits per heavy atom. The second kappa shape index (κ2) is 4.35. The molecule has 2 aliphatic rings. The first-order chi connectivity index (χ1) is 10.1. The second-order valence-corrected chi connectivity index (χ2v) is 6.03. The topological polar surface area (TPSA) is 46.3 Å². The van der Waals surface area contributed by atoms with Crippen LogP contribution in [0.3, 0.4) is 0 Å². The van der Waals surface area contributed by atoms with Gasteiger partial charge in [-0.05, 0) is 48.1 Å². The highest BCUT2D eigenvalue weighted by Crippen LogP contribution is 2.40. The van der Waals surface area contributed by atoms with Crippen LogP contribution in [-0.4, -0.2) is 12.5 Å². The van der Waals surface area contributed by atoms with Crippen molar-refractivity contribution in [1.29, 1.82) is 0 Å². The molecule has 2 aromatic rings. The standard InChI is InChI=1S/C18H18N2O/c1-11-8-13-6-7-20(17(13)10-16(11)19)18(21)15-9-12-4-2-3-5-14(12)15/h2-5,8,10,15H,6-7,9,19H2,1H3. The van der Waals surface area contributed by atoms with Gasteiger partial charge in [0.25, 0.3) is 0 Å². The van der Waals surface area contributed by atoms with Crippen LogP contribution in [0.15, 0.2) is 36.4 Å². The summed E-state index contributed by atoms with van der Waals surface area (Å²) in [5.41, 5.74) is 12.6. The molecule has 3 nitrogen and oxygen atoms in total. The van der Waals surface area contributed by atoms with Crippen LogP contribution >= 0.6 is 0 Å². The predicted octanol–water partition coefficient (Wildman–Crippen LogP) is 2.81. The average Bonchev–Trinajstić information content (AvgIpc) is 2.83. The molecule has 2 N–H and O–H groups in total. The first kappa shape index (κ1) is 12.5. The predicted molar refractivity (Wildman–Crippen MR) is 84.5 cm³/mol. The largest absolute Gasteiger partial charge is 0.398 e. The maximum Gasteiger partial charge on any atom is 0.234 e. The molecule has 2 aromatic carbocycles. The van der Waals surface area contributed by atoms with E-state index in [9.17, 15) is 4.79 Å². The van der Waals surface area contributed by atoms with Gasteiger partial charge in [0.15, 0.2) is 0 Å². The normalized spacial score (nSPS) is 18.9. The zero-order chi connectivity index (χ0) is 14.6. The van der Waals surface area contributed by atoms with Crippen molar-refractivity contribution in [3.8, 4) is 0 Å². The summed E-state index contributed by atoms with van der Waals surface area (Å²) in [4.78, 5) is 14.8. The van der Waals surface area contributed by atoms with Gasteiger partial charge in [-0.2, -0.15) is 0 Å². The van der Waals surface area contributed by atoms with E-state index in [1.165, 1.54) is 16.7 Å². The maximum atomic E-state index is 12.8. The van der Waals surface area contributed by atoms with Crippen molar-refractivity contribution in [3.05, 3.63) is 58.7 Å². The molecule has 0 bridgehead atoms. The lowest BCUT2D eigenvalue weighted by molar-refractivity contribution is -0.120. The van der Waals surface area contributed by atoms with Gasteiger partial charge in [-0.25, -0.2) is 0 Å². The minimum absolute atomic E-state index is 0.0228. The van der Waals surface area contributed by atoms with Crippen LogP contribution in [0.4, 0.5) is 11.4 Å². The van der Waals surface area contributed by atoms with Crippen molar-refractivity contribution in [1.82, 2.24) is 0 Å². The zero-order valence-electron chi connectivity index (χ0n) is 12.1. The minimum atomic E-state index is 0.0228. The lowest BCUT2D eigenvalue weighted by Gasteiger charge is -2.32. The number of nitrogens with two attached hydrogens (primary N) is 1. The number of nitrogens with zero attached hydrogens (tertiary/aromatic N) is 1. The molecule has 0 fully saturated rings. The van der Waals surface area contributed by atoms with Crippen molar-refractivity contribution in [2.75, 3.05) is 17.2 Å². The van der Waals surface area contributed by atoms with E-state index in [0.29, 0.717) is 0 Å². The van der Waals surface area contributed by atoms with E-state index >= 15 is 0 Å². The van der Waals surface area contributed by atoms with E-state index in [0.717, 1.165) is 36.3 Å². The van der Waals surface area contributed by atoms with E-state index in [-0.39, 0.29) is 11.8 Å². The van der Waals surface area contributed by atoms with Crippen molar-refractivity contribution >= 4 is 17.3 Å². The van der Waals surface area contributed by atoms with Crippen molar-refractivity contribution < 1.29 is 4.79 Å². The minimum Gasteiger partial charge on any atom is -0.398 e. The van der Waals surface area contributed by atoms with Gasteiger partial charge in [-0.3, -0.25) is 4.79 Å². The Labute approximate surface area is 124 Å². The number of hydrogen-bond donors (Lipinski definition) is 1. The third kappa shape index (κ3) is 1.77. The van der Waals surface area contributed by atoms with Crippen LogP contribution in [0.1, 0.15) is 28.2 Å². The van der Waals surface area contributed by atoms with Crippen molar-refractivity contribution in [3.63, 3.8) is 0 Å². The Morgan fingerprint density at radius 1 is 1.24 bits per heavy atom. The Kier molecular flexibility index (Phi) is 2.58. The van der Waals surface area contributed by atoms with E-state index in [2.05, 4.69) is 18.2 Å². The zero-order valence-corrected chi connectivity index (χ0v) is 12.1. The van der Waals surface area contributed by atoms with Gasteiger partial charge >= 0.3 is 0 Å². The highest BCUT2D eigenvalue weighted by atomic mass is 16.2. The van der Waals surface area contributed by atoms with Gasteiger partial charge in [-0.1, -0.05) is 30.3 Å². The number of amides is 1. The highest BCUT2D eigenvalue weighted by molar-refractivity contribution is 6.01. The molecule has 21 heavy (non-hydrogen) atoms. The Morgan fingerprint density at radius 3 is 2.86 bits per heavy atom. The Hall–Kier alpha value is -2.29. The fourth-order valence-corrected chi connectivity index (χ4v) is 3.47. The fraction of sp³-hybridized carbons (Fsp3) is 0.278. The summed E-state index contributed by atoms with van der Waals surface area (Å²) in [5, 5.41) is 0. The van der Waals surface area contributed by atoms with Crippen LogP contribution in [0, 0.1) is 6.92 Å². The molecule has 1 aliphatic heterocycles. The lowest BCUT2D eigenvalue weighted by atomic mass is 9.77. The Balaban J connectivity index is 1.66. The summed E-state index contributed by atoms with van der Waals surface area (Å²) in [7, 11) is 0. The molecule has 1 amide bonds. The molecule has 4 rings (SSSR count). The summed E-state index contributed by atoms with van der Waals surface area (Å²) in [6.07, 6.45) is 1.79. The lowest BCUT2D eigenvalue weighted by Crippen LogP contribution is -2.38. The third-order valence-corrected chi connectivity index (χ3v) is 4.78. The monoisotopic (exact) mass is 278 g/mol. The van der Waals surface area contributed by atoms with Crippen molar-refractivity contribution in [2.45, 2.75) is 25.7 Å². The highest BCUT2D eigenvalue weighted by Gasteiger charge is 2.37. The van der Waals surface area contributed by atoms with E-state index < -0.39 is 0 Å². The van der Waals surface area contributed by atoms with Gasteiger partial charge in [-0.15, -0.1) is 0 Å². The quantitative estimate of drug-likeness (QED) is 0.815. The number of hydrogen-bond acceptors (Lipinski definition) is 2. The molecule has 1 atom stereocenters. The van der Waals surface area contributed by atoms with Gasteiger partial charge in [0, 0.05) is 17.9 Å². The molecule has 0 radical (unpaired) electrons. The third-order valence-electron chi connectivity index (χ3n) is 4.78. The molecule has 1 unspecified atom stereocenters. The summed E-state index contributed by atoms with van der Waals surface area (Å²) in [6, 6.07) is 12.3. The van der Waals surface area contributed by atoms with E-state index in [4.69, 9.17) is 5.73 Å². The molecular weight excluding hydrogens is 260 g/mol. The molecule has 0 aromatic heterocycles. The number of fused-ring (bicyclic) bond motifs is 2. The molecule has 0 saturated heterocycles. The molecule has 1 heterocycles. The summed E-state index contributed by atoms with van der Waals surface area (Å²) < 4.78 is 0. The van der Waals surface area contributed by atoms with Crippen LogP contribution in [0.2, 0.25) is 0 Å². The van der Waals surface area contributed by atoms with Gasteiger partial charge < -0.3 is 10.6 Å². The van der Waals surface area contributed by atoms with E-state index in [1.807, 2.05) is 30.0 Å². The van der Waals surface area contributed by atoms with E-state index in [1.54, 1.807) is 0 Å². The van der Waals surface area contributed by atoms with Gasteiger partial charge in [0.1, 0.15) is 0 Å². The molecule has 0 spiro atoms. The van der Waals surface area contributed by atoms with Crippen LogP contribution in [-0.2, 0) is 17.6 Å². The number of aryl methyl sites for hydroxylation is 1. The first-order valence-electron chi connectivity index (χ1n) is 7.43. The summed E-state index contributed by atoms with van der Waals surface area (Å²) >= 11 is 0. The van der Waals surface area contributed by atoms with Gasteiger partial charge in [0.2, 0.25) is 5.91 Å². The van der Waals surface area contributed by atoms with Crippen LogP contribution in [0.25, 0.3) is 0 Å². The number of benzene rings is 2. The smallest absolute Gasteiger partial charge is 0.234 e. The van der Waals surface area contributed by atoms with Crippen LogP contribution in [0.5, 0.6) is 0 Å². The number of anilines is 2. The van der Waals surface area contributed by atoms with Crippen molar-refractivity contribution in [2.24, 2.45) is 0 Å². The molecule has 1 aliphatic carbocycles. The number of carbonyl (C=O) groups excluding carboxylic acids is 1. The molecular formula is C18H18N2O. The Bertz CT molecular complexity index is 751. The maximum absolute atomic E-state index is 12.8. The number of rotatable bonds is 1. The second-order valence-electron chi connectivity index (χ2n) is 6.03. The average molecular weight is 278 g/mol. The summed E-state index contributed by atoms with van der Waals surface area (Å²) in [5.74, 6) is 0.241. The fourth-order valence-electron chi connectivity index (χ4n) is 3.47. The molecule has 0 saturated carbocycles. The molecule has 3 heteroatoms. The molecule has 106 valence electrons. The summed E-state index contributed by atoms with van der Waals surface area (Å²) in [6.45, 7) is 2.79.